The summed E-state index contributed by atoms with van der Waals surface area (Å²) in [5, 5.41) is 3.78. The largest absolute Gasteiger partial charge is 0.461 e. The van der Waals surface area contributed by atoms with Crippen LogP contribution in [-0.4, -0.2) is 43.5 Å². The number of aromatic nitrogens is 4. The number of carbonyl (C=O) groups excluding carboxylic acids is 1. The Morgan fingerprint density at radius 2 is 2.25 bits per heavy atom. The molecule has 0 saturated carbocycles. The number of thiophene rings is 1. The lowest BCUT2D eigenvalue weighted by atomic mass is 10.1. The molecule has 0 unspecified atom stereocenters. The zero-order valence-electron chi connectivity index (χ0n) is 12.8. The van der Waals surface area contributed by atoms with Crippen molar-refractivity contribution in [2.75, 3.05) is 13.2 Å². The van der Waals surface area contributed by atoms with Gasteiger partial charge in [-0.05, 0) is 17.5 Å². The average molecular weight is 341 g/mol. The van der Waals surface area contributed by atoms with Gasteiger partial charge in [-0.2, -0.15) is 11.3 Å². The van der Waals surface area contributed by atoms with Gasteiger partial charge in [-0.25, -0.2) is 15.0 Å². The third kappa shape index (κ3) is 2.88. The van der Waals surface area contributed by atoms with Crippen LogP contribution in [0.25, 0.3) is 0 Å². The lowest BCUT2D eigenvalue weighted by molar-refractivity contribution is 0.0644. The van der Waals surface area contributed by atoms with E-state index in [-0.39, 0.29) is 11.9 Å². The summed E-state index contributed by atoms with van der Waals surface area (Å²) in [7, 11) is 0. The van der Waals surface area contributed by atoms with Gasteiger partial charge in [-0.3, -0.25) is 4.79 Å². The molecule has 1 aliphatic rings. The van der Waals surface area contributed by atoms with Crippen molar-refractivity contribution in [3.8, 4) is 6.01 Å². The topological polar surface area (TPSA) is 73.1 Å². The minimum atomic E-state index is -0.0253. The van der Waals surface area contributed by atoms with Gasteiger partial charge in [0.1, 0.15) is 6.61 Å². The smallest absolute Gasteiger partial charge is 0.316 e. The number of fused-ring (bicyclic) bond motifs is 1. The summed E-state index contributed by atoms with van der Waals surface area (Å²) in [6, 6.07) is 3.90. The summed E-state index contributed by atoms with van der Waals surface area (Å²) in [6.07, 6.45) is 6.84. The van der Waals surface area contributed by atoms with Crippen LogP contribution in [0.5, 0.6) is 6.01 Å². The normalized spacial score (nSPS) is 16.7. The zero-order valence-corrected chi connectivity index (χ0v) is 13.6. The molecule has 1 atom stereocenters. The van der Waals surface area contributed by atoms with Gasteiger partial charge in [-0.15, -0.1) is 0 Å². The van der Waals surface area contributed by atoms with Crippen molar-refractivity contribution < 1.29 is 9.53 Å². The first-order valence-electron chi connectivity index (χ1n) is 7.53. The Balaban J connectivity index is 1.52. The molecular formula is C16H15N5O2S. The number of amides is 1. The predicted octanol–water partition coefficient (Wildman–Crippen LogP) is 2.01. The van der Waals surface area contributed by atoms with Gasteiger partial charge in [0.25, 0.3) is 5.91 Å². The second-order valence-electron chi connectivity index (χ2n) is 5.49. The first-order valence-corrected chi connectivity index (χ1v) is 8.47. The number of ether oxygens (including phenoxy) is 1. The molecule has 0 saturated heterocycles. The molecule has 4 heterocycles. The fraction of sp³-hybridized carbons (Fsp3) is 0.250. The molecule has 0 radical (unpaired) electrons. The molecule has 0 N–H and O–H groups in total. The number of carbonyl (C=O) groups is 1. The van der Waals surface area contributed by atoms with Crippen LogP contribution in [0.3, 0.4) is 0 Å². The standard InChI is InChI=1S/C16H15N5O2S/c22-15(12-2-5-24-10-12)20-7-13-6-17-11-21(13)14(8-20)9-23-16-18-3-1-4-19-16/h1-6,10-11,14H,7-9H2/t14-/m1/s1. The van der Waals surface area contributed by atoms with Crippen LogP contribution in [0.2, 0.25) is 0 Å². The number of nitrogens with zero attached hydrogens (tertiary/aromatic N) is 5. The molecule has 3 aromatic rings. The van der Waals surface area contributed by atoms with E-state index in [1.54, 1.807) is 31.0 Å². The van der Waals surface area contributed by atoms with E-state index < -0.39 is 0 Å². The van der Waals surface area contributed by atoms with Crippen molar-refractivity contribution in [3.05, 3.63) is 59.1 Å². The van der Waals surface area contributed by atoms with Crippen molar-refractivity contribution in [2.45, 2.75) is 12.6 Å². The molecule has 0 aromatic carbocycles. The molecule has 7 nitrogen and oxygen atoms in total. The summed E-state index contributed by atoms with van der Waals surface area (Å²) < 4.78 is 7.74. The number of hydrogen-bond donors (Lipinski definition) is 0. The minimum Gasteiger partial charge on any atom is -0.461 e. The second kappa shape index (κ2) is 6.40. The number of rotatable bonds is 4. The summed E-state index contributed by atoms with van der Waals surface area (Å²) in [4.78, 5) is 26.8. The summed E-state index contributed by atoms with van der Waals surface area (Å²) >= 11 is 1.52. The van der Waals surface area contributed by atoms with Crippen LogP contribution in [0.1, 0.15) is 22.1 Å². The lowest BCUT2D eigenvalue weighted by Gasteiger charge is -2.34. The van der Waals surface area contributed by atoms with Crippen molar-refractivity contribution >= 4 is 17.2 Å². The van der Waals surface area contributed by atoms with E-state index in [0.717, 1.165) is 11.3 Å². The maximum Gasteiger partial charge on any atom is 0.316 e. The van der Waals surface area contributed by atoms with Gasteiger partial charge in [-0.1, -0.05) is 0 Å². The van der Waals surface area contributed by atoms with Crippen molar-refractivity contribution in [1.82, 2.24) is 24.4 Å². The SMILES string of the molecule is O=C(c1ccsc1)N1Cc2cncn2[C@@H](COc2ncccn2)C1. The predicted molar refractivity (Wildman–Crippen MR) is 87.9 cm³/mol. The highest BCUT2D eigenvalue weighted by atomic mass is 32.1. The number of hydrogen-bond acceptors (Lipinski definition) is 6. The Morgan fingerprint density at radius 1 is 1.38 bits per heavy atom. The van der Waals surface area contributed by atoms with Gasteiger partial charge in [0.15, 0.2) is 0 Å². The third-order valence-corrected chi connectivity index (χ3v) is 4.61. The van der Waals surface area contributed by atoms with E-state index in [9.17, 15) is 4.79 Å². The summed E-state index contributed by atoms with van der Waals surface area (Å²) in [6.45, 7) is 1.48. The first-order chi connectivity index (χ1) is 11.8. The van der Waals surface area contributed by atoms with Crippen LogP contribution in [0.4, 0.5) is 0 Å². The van der Waals surface area contributed by atoms with Gasteiger partial charge >= 0.3 is 6.01 Å². The lowest BCUT2D eigenvalue weighted by Crippen LogP contribution is -2.42. The Labute approximate surface area is 142 Å². The zero-order chi connectivity index (χ0) is 16.4. The van der Waals surface area contributed by atoms with Gasteiger partial charge in [0.05, 0.1) is 30.2 Å². The van der Waals surface area contributed by atoms with Gasteiger partial charge in [0.2, 0.25) is 0 Å². The molecule has 24 heavy (non-hydrogen) atoms. The molecule has 4 rings (SSSR count). The highest BCUT2D eigenvalue weighted by molar-refractivity contribution is 7.08. The molecule has 0 spiro atoms. The van der Waals surface area contributed by atoms with E-state index in [4.69, 9.17) is 4.74 Å². The van der Waals surface area contributed by atoms with E-state index in [0.29, 0.717) is 25.7 Å². The molecule has 1 aliphatic heterocycles. The molecule has 122 valence electrons. The third-order valence-electron chi connectivity index (χ3n) is 3.93. The highest BCUT2D eigenvalue weighted by Crippen LogP contribution is 2.23. The molecule has 0 fully saturated rings. The first kappa shape index (κ1) is 14.8. The monoisotopic (exact) mass is 341 g/mol. The fourth-order valence-corrected chi connectivity index (χ4v) is 3.40. The molecule has 1 amide bonds. The van der Waals surface area contributed by atoms with Crippen LogP contribution < -0.4 is 4.74 Å². The second-order valence-corrected chi connectivity index (χ2v) is 6.27. The van der Waals surface area contributed by atoms with E-state index >= 15 is 0 Å². The maximum absolute atomic E-state index is 12.6. The average Bonchev–Trinajstić information content (AvgIpc) is 3.31. The van der Waals surface area contributed by atoms with Gasteiger partial charge in [0, 0.05) is 30.5 Å². The minimum absolute atomic E-state index is 0.0253. The molecule has 8 heteroatoms. The molecular weight excluding hydrogens is 326 g/mol. The van der Waals surface area contributed by atoms with Crippen LogP contribution >= 0.6 is 11.3 Å². The maximum atomic E-state index is 12.6. The van der Waals surface area contributed by atoms with Gasteiger partial charge < -0.3 is 14.2 Å². The molecule has 3 aromatic heterocycles. The Kier molecular flexibility index (Phi) is 3.96. The van der Waals surface area contributed by atoms with E-state index in [1.165, 1.54) is 11.3 Å². The van der Waals surface area contributed by atoms with Crippen LogP contribution in [0, 0.1) is 0 Å². The van der Waals surface area contributed by atoms with Crippen LogP contribution in [-0.2, 0) is 6.54 Å². The van der Waals surface area contributed by atoms with Crippen molar-refractivity contribution in [3.63, 3.8) is 0 Å². The Hall–Kier alpha value is -2.74. The molecule has 0 aliphatic carbocycles. The van der Waals surface area contributed by atoms with E-state index in [2.05, 4.69) is 19.5 Å². The fourth-order valence-electron chi connectivity index (χ4n) is 2.77. The Morgan fingerprint density at radius 3 is 3.04 bits per heavy atom. The summed E-state index contributed by atoms with van der Waals surface area (Å²) in [5.74, 6) is 0.0321. The van der Waals surface area contributed by atoms with Crippen molar-refractivity contribution in [1.29, 1.82) is 0 Å². The van der Waals surface area contributed by atoms with E-state index in [1.807, 2.05) is 21.7 Å². The summed E-state index contributed by atoms with van der Waals surface area (Å²) in [5.41, 5.74) is 1.71. The van der Waals surface area contributed by atoms with Crippen LogP contribution in [0.15, 0.2) is 47.8 Å². The Bertz CT molecular complexity index is 818. The quantitative estimate of drug-likeness (QED) is 0.726. The number of imidazole rings is 1. The van der Waals surface area contributed by atoms with Crippen molar-refractivity contribution in [2.24, 2.45) is 0 Å². The highest BCUT2D eigenvalue weighted by Gasteiger charge is 2.29. The molecule has 0 bridgehead atoms.